The van der Waals surface area contributed by atoms with Crippen molar-refractivity contribution in [2.24, 2.45) is 0 Å². The Kier molecular flexibility index (Phi) is 9.90. The summed E-state index contributed by atoms with van der Waals surface area (Å²) in [5, 5.41) is 0.540. The zero-order valence-electron chi connectivity index (χ0n) is 12.7. The standard InChI is InChI=1S/C13H18ClO6P.Na/c1-3-4-13(21(16,17)18)20-12(15)8-19-11-6-5-10(14)7-9(11)2;/h5-7,13H,3-4,8H2,1-2H3,(H2,16,17,18);/q;+1/p-1. The SMILES string of the molecule is CCCC(OC(=O)COc1ccc(Cl)cc1C)P(=O)([O-])O.[Na+]. The van der Waals surface area contributed by atoms with Gasteiger partial charge in [-0.1, -0.05) is 24.9 Å². The first-order chi connectivity index (χ1) is 9.74. The van der Waals surface area contributed by atoms with E-state index in [0.717, 1.165) is 5.56 Å². The summed E-state index contributed by atoms with van der Waals surface area (Å²) in [4.78, 5) is 31.6. The molecule has 1 aromatic rings. The van der Waals surface area contributed by atoms with Crippen LogP contribution < -0.4 is 39.2 Å². The Labute approximate surface area is 156 Å². The molecule has 0 aliphatic heterocycles. The van der Waals surface area contributed by atoms with Crippen LogP contribution in [0, 0.1) is 6.92 Å². The molecule has 0 saturated heterocycles. The normalized spacial score (nSPS) is 14.4. The summed E-state index contributed by atoms with van der Waals surface area (Å²) in [6.45, 7) is 3.01. The first kappa shape index (κ1) is 21.9. The fourth-order valence-corrected chi connectivity index (χ4v) is 2.69. The maximum absolute atomic E-state index is 11.6. The number of carbonyl (C=O) groups is 1. The zero-order chi connectivity index (χ0) is 16.0. The summed E-state index contributed by atoms with van der Waals surface area (Å²) in [6, 6.07) is 4.87. The fourth-order valence-electron chi connectivity index (χ4n) is 1.63. The fraction of sp³-hybridized carbons (Fsp3) is 0.462. The number of hydrogen-bond donors (Lipinski definition) is 1. The number of aryl methyl sites for hydroxylation is 1. The van der Waals surface area contributed by atoms with Crippen molar-refractivity contribution in [3.63, 3.8) is 0 Å². The van der Waals surface area contributed by atoms with Crippen molar-refractivity contribution in [3.05, 3.63) is 28.8 Å². The topological polar surface area (TPSA) is 95.9 Å². The smallest absolute Gasteiger partial charge is 0.776 e. The van der Waals surface area contributed by atoms with Gasteiger partial charge < -0.3 is 23.8 Å². The second kappa shape index (κ2) is 9.93. The number of carbonyl (C=O) groups excluding carboxylic acids is 1. The van der Waals surface area contributed by atoms with Crippen LogP contribution >= 0.6 is 19.2 Å². The third-order valence-electron chi connectivity index (χ3n) is 2.65. The molecule has 118 valence electrons. The van der Waals surface area contributed by atoms with E-state index < -0.39 is 26.0 Å². The first-order valence-electron chi connectivity index (χ1n) is 6.36. The largest absolute Gasteiger partial charge is 1.00 e. The van der Waals surface area contributed by atoms with Gasteiger partial charge in [-0.15, -0.1) is 0 Å². The van der Waals surface area contributed by atoms with E-state index in [-0.39, 0.29) is 36.0 Å². The van der Waals surface area contributed by atoms with Crippen LogP contribution in [-0.4, -0.2) is 23.3 Å². The molecule has 2 atom stereocenters. The molecule has 0 aliphatic rings. The second-order valence-electron chi connectivity index (χ2n) is 4.50. The van der Waals surface area contributed by atoms with Gasteiger partial charge in [0.15, 0.2) is 20.0 Å². The zero-order valence-corrected chi connectivity index (χ0v) is 16.4. The molecule has 1 aromatic carbocycles. The minimum Gasteiger partial charge on any atom is -0.776 e. The number of halogens is 1. The van der Waals surface area contributed by atoms with E-state index in [9.17, 15) is 14.3 Å². The molecule has 1 rings (SSSR count). The Morgan fingerprint density at radius 3 is 2.64 bits per heavy atom. The quantitative estimate of drug-likeness (QED) is 0.391. The predicted molar refractivity (Wildman–Crippen MR) is 76.3 cm³/mol. The van der Waals surface area contributed by atoms with Crippen molar-refractivity contribution in [3.8, 4) is 5.75 Å². The van der Waals surface area contributed by atoms with Crippen molar-refractivity contribution in [1.82, 2.24) is 0 Å². The molecule has 0 fully saturated rings. The van der Waals surface area contributed by atoms with Gasteiger partial charge >= 0.3 is 35.5 Å². The molecule has 22 heavy (non-hydrogen) atoms. The van der Waals surface area contributed by atoms with E-state index in [1.54, 1.807) is 32.0 Å². The number of ether oxygens (including phenoxy) is 2. The molecular formula is C13H17ClNaO6P. The van der Waals surface area contributed by atoms with Crippen molar-refractivity contribution >= 4 is 25.2 Å². The third kappa shape index (κ3) is 7.47. The van der Waals surface area contributed by atoms with Crippen molar-refractivity contribution in [1.29, 1.82) is 0 Å². The van der Waals surface area contributed by atoms with E-state index in [4.69, 9.17) is 26.0 Å². The summed E-state index contributed by atoms with van der Waals surface area (Å²) < 4.78 is 21.0. The molecule has 1 N–H and O–H groups in total. The van der Waals surface area contributed by atoms with E-state index >= 15 is 0 Å². The predicted octanol–water partition coefficient (Wildman–Crippen LogP) is -0.754. The minimum absolute atomic E-state index is 0. The molecule has 0 heterocycles. The average molecular weight is 359 g/mol. The molecule has 2 unspecified atom stereocenters. The van der Waals surface area contributed by atoms with Crippen molar-refractivity contribution < 1.29 is 58.2 Å². The Balaban J connectivity index is 0.00000441. The van der Waals surface area contributed by atoms with Crippen LogP contribution in [0.15, 0.2) is 18.2 Å². The third-order valence-corrected chi connectivity index (χ3v) is 3.98. The summed E-state index contributed by atoms with van der Waals surface area (Å²) in [5.41, 5.74) is 0.733. The molecule has 6 nitrogen and oxygen atoms in total. The minimum atomic E-state index is -4.72. The summed E-state index contributed by atoms with van der Waals surface area (Å²) >= 11 is 5.79. The van der Waals surface area contributed by atoms with Crippen LogP contribution in [0.2, 0.25) is 5.02 Å². The van der Waals surface area contributed by atoms with E-state index in [2.05, 4.69) is 0 Å². The Hall–Kier alpha value is -0.0700. The molecule has 0 radical (unpaired) electrons. The number of esters is 1. The van der Waals surface area contributed by atoms with Gasteiger partial charge in [0.1, 0.15) is 5.75 Å². The van der Waals surface area contributed by atoms with Crippen LogP contribution in [0.5, 0.6) is 5.75 Å². The summed E-state index contributed by atoms with van der Waals surface area (Å²) in [6.07, 6.45) is 0.477. The monoisotopic (exact) mass is 358 g/mol. The first-order valence-corrected chi connectivity index (χ1v) is 8.38. The summed E-state index contributed by atoms with van der Waals surface area (Å²) in [5.74, 6) is -1.96. The van der Waals surface area contributed by atoms with Gasteiger partial charge in [0, 0.05) is 5.02 Å². The Morgan fingerprint density at radius 1 is 1.50 bits per heavy atom. The van der Waals surface area contributed by atoms with Gasteiger partial charge in [0.2, 0.25) is 0 Å². The number of rotatable bonds is 7. The summed E-state index contributed by atoms with van der Waals surface area (Å²) in [7, 11) is -4.72. The molecule has 0 spiro atoms. The van der Waals surface area contributed by atoms with Crippen LogP contribution in [0.3, 0.4) is 0 Å². The molecule has 0 amide bonds. The van der Waals surface area contributed by atoms with Crippen LogP contribution in [0.25, 0.3) is 0 Å². The van der Waals surface area contributed by atoms with Gasteiger partial charge in [0.25, 0.3) is 0 Å². The number of hydrogen-bond acceptors (Lipinski definition) is 5. The van der Waals surface area contributed by atoms with Gasteiger partial charge in [-0.3, -0.25) is 0 Å². The van der Waals surface area contributed by atoms with E-state index in [0.29, 0.717) is 17.2 Å². The molecule has 0 bridgehead atoms. The van der Waals surface area contributed by atoms with E-state index in [1.807, 2.05) is 0 Å². The molecule has 9 heteroatoms. The van der Waals surface area contributed by atoms with Gasteiger partial charge in [0.05, 0.1) is 0 Å². The maximum Gasteiger partial charge on any atom is 1.00 e. The number of benzene rings is 1. The molecular weight excluding hydrogens is 342 g/mol. The van der Waals surface area contributed by atoms with Gasteiger partial charge in [-0.2, -0.15) is 0 Å². The van der Waals surface area contributed by atoms with E-state index in [1.165, 1.54) is 0 Å². The van der Waals surface area contributed by atoms with Crippen LogP contribution in [-0.2, 0) is 14.1 Å². The van der Waals surface area contributed by atoms with Crippen LogP contribution in [0.1, 0.15) is 25.3 Å². The molecule has 0 aromatic heterocycles. The van der Waals surface area contributed by atoms with Gasteiger partial charge in [-0.25, -0.2) is 4.79 Å². The Bertz CT molecular complexity index is 547. The molecule has 0 aliphatic carbocycles. The van der Waals surface area contributed by atoms with Crippen molar-refractivity contribution in [2.45, 2.75) is 32.5 Å². The second-order valence-corrected chi connectivity index (χ2v) is 6.64. The van der Waals surface area contributed by atoms with Crippen molar-refractivity contribution in [2.75, 3.05) is 6.61 Å². The average Bonchev–Trinajstić information content (AvgIpc) is 2.36. The molecule has 0 saturated carbocycles. The maximum atomic E-state index is 11.6. The Morgan fingerprint density at radius 2 is 2.14 bits per heavy atom. The van der Waals surface area contributed by atoms with Gasteiger partial charge in [-0.05, 0) is 37.1 Å². The van der Waals surface area contributed by atoms with Crippen LogP contribution in [0.4, 0.5) is 0 Å².